The number of hydrogen-bond acceptors (Lipinski definition) is 8. The Morgan fingerprint density at radius 3 is 3.00 bits per heavy atom. The summed E-state index contributed by atoms with van der Waals surface area (Å²) in [7, 11) is 0. The maximum absolute atomic E-state index is 12.0. The normalized spacial score (nSPS) is 24.2. The van der Waals surface area contributed by atoms with Crippen molar-refractivity contribution < 1.29 is 24.5 Å². The highest BCUT2D eigenvalue weighted by molar-refractivity contribution is 5.87. The maximum atomic E-state index is 12.0. The van der Waals surface area contributed by atoms with Gasteiger partial charge in [-0.15, -0.1) is 0 Å². The van der Waals surface area contributed by atoms with Crippen molar-refractivity contribution in [2.45, 2.75) is 31.8 Å². The Balaban J connectivity index is 2.27. The predicted octanol–water partition coefficient (Wildman–Crippen LogP) is -0.957. The second-order valence-electron chi connectivity index (χ2n) is 4.97. The number of aromatic nitrogens is 2. The Morgan fingerprint density at radius 2 is 2.39 bits per heavy atom. The first-order valence-corrected chi connectivity index (χ1v) is 7.14. The molecule has 126 valence electrons. The molecule has 0 radical (unpaired) electrons. The first-order valence-electron chi connectivity index (χ1n) is 7.14. The number of anilines is 1. The van der Waals surface area contributed by atoms with Crippen molar-refractivity contribution in [3.8, 4) is 0 Å². The van der Waals surface area contributed by atoms with E-state index in [0.29, 0.717) is 5.56 Å². The highest BCUT2D eigenvalue weighted by atomic mass is 16.5. The summed E-state index contributed by atoms with van der Waals surface area (Å²) in [4.78, 5) is 27.0. The van der Waals surface area contributed by atoms with Gasteiger partial charge in [0.2, 0.25) is 0 Å². The summed E-state index contributed by atoms with van der Waals surface area (Å²) in [5.41, 5.74) is 5.36. The molecule has 0 saturated carbocycles. The molecule has 0 aliphatic carbocycles. The van der Waals surface area contributed by atoms with Gasteiger partial charge in [-0.25, -0.2) is 9.59 Å². The van der Waals surface area contributed by atoms with Gasteiger partial charge in [0.05, 0.1) is 19.3 Å². The molecule has 9 nitrogen and oxygen atoms in total. The quantitative estimate of drug-likeness (QED) is 0.465. The van der Waals surface area contributed by atoms with E-state index in [2.05, 4.69) is 4.98 Å². The van der Waals surface area contributed by atoms with E-state index in [1.165, 1.54) is 22.9 Å². The molecule has 9 heteroatoms. The van der Waals surface area contributed by atoms with Gasteiger partial charge in [0.1, 0.15) is 18.1 Å². The molecule has 0 unspecified atom stereocenters. The maximum Gasteiger partial charge on any atom is 0.351 e. The highest BCUT2D eigenvalue weighted by Gasteiger charge is 2.35. The molecule has 1 aromatic heterocycles. The van der Waals surface area contributed by atoms with Crippen LogP contribution >= 0.6 is 0 Å². The molecule has 2 heterocycles. The number of esters is 1. The van der Waals surface area contributed by atoms with Crippen molar-refractivity contribution >= 4 is 17.9 Å². The van der Waals surface area contributed by atoms with E-state index < -0.39 is 30.1 Å². The van der Waals surface area contributed by atoms with Crippen LogP contribution in [-0.2, 0) is 14.3 Å². The van der Waals surface area contributed by atoms with Crippen LogP contribution in [-0.4, -0.2) is 51.2 Å². The molecule has 23 heavy (non-hydrogen) atoms. The second kappa shape index (κ2) is 7.36. The fourth-order valence-electron chi connectivity index (χ4n) is 2.23. The van der Waals surface area contributed by atoms with E-state index in [-0.39, 0.29) is 25.5 Å². The van der Waals surface area contributed by atoms with E-state index in [1.807, 2.05) is 0 Å². The lowest BCUT2D eigenvalue weighted by atomic mass is 10.2. The second-order valence-corrected chi connectivity index (χ2v) is 4.97. The summed E-state index contributed by atoms with van der Waals surface area (Å²) in [6, 6.07) is 0. The van der Waals surface area contributed by atoms with E-state index in [0.717, 1.165) is 0 Å². The van der Waals surface area contributed by atoms with Gasteiger partial charge in [0.15, 0.2) is 0 Å². The van der Waals surface area contributed by atoms with Crippen LogP contribution < -0.4 is 11.4 Å². The summed E-state index contributed by atoms with van der Waals surface area (Å²) >= 11 is 0. The molecule has 1 aromatic rings. The molecule has 4 N–H and O–H groups in total. The molecular formula is C14H19N3O6. The first kappa shape index (κ1) is 17.1. The number of nitrogens with zero attached hydrogens (tertiary/aromatic N) is 2. The summed E-state index contributed by atoms with van der Waals surface area (Å²) in [5.74, 6) is -0.582. The third kappa shape index (κ3) is 3.95. The van der Waals surface area contributed by atoms with Crippen molar-refractivity contribution in [2.24, 2.45) is 0 Å². The molecule has 1 aliphatic heterocycles. The largest absolute Gasteiger partial charge is 0.463 e. The van der Waals surface area contributed by atoms with Crippen LogP contribution in [0.2, 0.25) is 0 Å². The van der Waals surface area contributed by atoms with Crippen molar-refractivity contribution in [2.75, 3.05) is 18.9 Å². The number of carbonyl (C=O) groups excluding carboxylic acids is 1. The zero-order valence-electron chi connectivity index (χ0n) is 12.6. The molecule has 1 saturated heterocycles. The van der Waals surface area contributed by atoms with Crippen LogP contribution in [0.25, 0.3) is 6.08 Å². The van der Waals surface area contributed by atoms with Crippen molar-refractivity contribution in [1.82, 2.24) is 9.55 Å². The average Bonchev–Trinajstić information content (AvgIpc) is 2.87. The van der Waals surface area contributed by atoms with E-state index in [9.17, 15) is 14.7 Å². The molecule has 0 aromatic carbocycles. The molecule has 0 spiro atoms. The Kier molecular flexibility index (Phi) is 5.48. The van der Waals surface area contributed by atoms with Gasteiger partial charge in [-0.1, -0.05) is 0 Å². The number of hydrogen-bond donors (Lipinski definition) is 3. The number of aliphatic hydroxyl groups is 2. The van der Waals surface area contributed by atoms with Crippen molar-refractivity contribution in [1.29, 1.82) is 0 Å². The Labute approximate surface area is 132 Å². The minimum atomic E-state index is -0.882. The van der Waals surface area contributed by atoms with E-state index in [4.69, 9.17) is 20.3 Å². The van der Waals surface area contributed by atoms with Gasteiger partial charge in [0, 0.05) is 24.3 Å². The molecule has 3 atom stereocenters. The summed E-state index contributed by atoms with van der Waals surface area (Å²) in [6.45, 7) is 1.57. The van der Waals surface area contributed by atoms with Crippen LogP contribution in [0.1, 0.15) is 25.1 Å². The van der Waals surface area contributed by atoms with E-state index >= 15 is 0 Å². The van der Waals surface area contributed by atoms with Gasteiger partial charge >= 0.3 is 11.7 Å². The minimum absolute atomic E-state index is 0.0379. The smallest absolute Gasteiger partial charge is 0.351 e. The van der Waals surface area contributed by atoms with Gasteiger partial charge < -0.3 is 25.4 Å². The van der Waals surface area contributed by atoms with Gasteiger partial charge in [-0.2, -0.15) is 4.98 Å². The van der Waals surface area contributed by atoms with Crippen LogP contribution in [0, 0.1) is 0 Å². The van der Waals surface area contributed by atoms with Crippen molar-refractivity contribution in [3.05, 3.63) is 28.3 Å². The molecular weight excluding hydrogens is 306 g/mol. The topological polar surface area (TPSA) is 137 Å². The zero-order valence-corrected chi connectivity index (χ0v) is 12.6. The summed E-state index contributed by atoms with van der Waals surface area (Å²) < 4.78 is 11.3. The minimum Gasteiger partial charge on any atom is -0.463 e. The number of aliphatic hydroxyl groups excluding tert-OH is 2. The van der Waals surface area contributed by atoms with Gasteiger partial charge in [-0.05, 0) is 13.0 Å². The molecule has 1 aliphatic rings. The SMILES string of the molecule is CCOC(=O)C=Cc1cn([C@H]2C[C@H](O)[C@@H](CO)O2)c(=O)nc1N. The highest BCUT2D eigenvalue weighted by Crippen LogP contribution is 2.27. The van der Waals surface area contributed by atoms with Crippen LogP contribution in [0.3, 0.4) is 0 Å². The fourth-order valence-corrected chi connectivity index (χ4v) is 2.23. The number of rotatable bonds is 5. The monoisotopic (exact) mass is 325 g/mol. The Morgan fingerprint density at radius 1 is 1.65 bits per heavy atom. The number of carbonyl (C=O) groups is 1. The third-order valence-electron chi connectivity index (χ3n) is 3.39. The zero-order chi connectivity index (χ0) is 17.0. The number of ether oxygens (including phenoxy) is 2. The molecule has 0 amide bonds. The summed E-state index contributed by atoms with van der Waals surface area (Å²) in [5, 5.41) is 18.8. The lowest BCUT2D eigenvalue weighted by Crippen LogP contribution is -2.28. The molecule has 0 bridgehead atoms. The van der Waals surface area contributed by atoms with Crippen molar-refractivity contribution in [3.63, 3.8) is 0 Å². The first-order chi connectivity index (χ1) is 11.0. The third-order valence-corrected chi connectivity index (χ3v) is 3.39. The predicted molar refractivity (Wildman–Crippen MR) is 80.2 cm³/mol. The summed E-state index contributed by atoms with van der Waals surface area (Å²) in [6.07, 6.45) is 1.67. The Bertz CT molecular complexity index is 656. The standard InChI is InChI=1S/C14H19N3O6/c1-2-22-12(20)4-3-8-6-17(14(21)16-13(8)15)11-5-9(19)10(7-18)23-11/h3-4,6,9-11,18-19H,2,5,7H2,1H3,(H2,15,16,21)/t9-,10+,11+/m0/s1. The van der Waals surface area contributed by atoms with Gasteiger partial charge in [-0.3, -0.25) is 4.57 Å². The van der Waals surface area contributed by atoms with Crippen LogP contribution in [0.4, 0.5) is 5.82 Å². The van der Waals surface area contributed by atoms with Crippen LogP contribution in [0.15, 0.2) is 17.1 Å². The molecule has 2 rings (SSSR count). The van der Waals surface area contributed by atoms with Crippen LogP contribution in [0.5, 0.6) is 0 Å². The average molecular weight is 325 g/mol. The van der Waals surface area contributed by atoms with Gasteiger partial charge in [0.25, 0.3) is 0 Å². The van der Waals surface area contributed by atoms with E-state index in [1.54, 1.807) is 6.92 Å². The fraction of sp³-hybridized carbons (Fsp3) is 0.500. The Hall–Kier alpha value is -2.23. The molecule has 1 fully saturated rings. The lowest BCUT2D eigenvalue weighted by Gasteiger charge is -2.15. The number of nitrogens with two attached hydrogens (primary N) is 1. The lowest BCUT2D eigenvalue weighted by molar-refractivity contribution is -0.137. The number of nitrogen functional groups attached to an aromatic ring is 1.